The monoisotopic (exact) mass is 422 g/mol. The van der Waals surface area contributed by atoms with Crippen molar-refractivity contribution in [3.63, 3.8) is 0 Å². The molecule has 0 amide bonds. The number of benzene rings is 2. The zero-order valence-electron chi connectivity index (χ0n) is 15.6. The summed E-state index contributed by atoms with van der Waals surface area (Å²) in [5, 5.41) is 2.80. The van der Waals surface area contributed by atoms with Gasteiger partial charge in [0.05, 0.1) is 16.3 Å². The molecule has 0 aliphatic carbocycles. The van der Waals surface area contributed by atoms with Crippen molar-refractivity contribution in [2.24, 2.45) is 0 Å². The van der Waals surface area contributed by atoms with Crippen LogP contribution in [-0.2, 0) is 6.18 Å². The van der Waals surface area contributed by atoms with Crippen molar-refractivity contribution < 1.29 is 17.9 Å². The second kappa shape index (κ2) is 8.16. The molecule has 0 unspecified atom stereocenters. The molecule has 29 heavy (non-hydrogen) atoms. The van der Waals surface area contributed by atoms with Crippen molar-refractivity contribution in [3.05, 3.63) is 64.9 Å². The van der Waals surface area contributed by atoms with Crippen LogP contribution in [0.15, 0.2) is 48.8 Å². The molecular weight excluding hydrogens is 405 g/mol. The fourth-order valence-electron chi connectivity index (χ4n) is 2.52. The molecule has 0 aliphatic heterocycles. The number of nitrogens with two attached hydrogens (primary N) is 1. The van der Waals surface area contributed by atoms with Gasteiger partial charge in [-0.15, -0.1) is 0 Å². The Hall–Kier alpha value is -3.00. The largest absolute Gasteiger partial charge is 0.437 e. The lowest BCUT2D eigenvalue weighted by Crippen LogP contribution is -2.07. The molecule has 1 heterocycles. The first-order valence-electron chi connectivity index (χ1n) is 8.67. The predicted molar refractivity (Wildman–Crippen MR) is 107 cm³/mol. The van der Waals surface area contributed by atoms with E-state index in [-0.39, 0.29) is 28.1 Å². The van der Waals surface area contributed by atoms with E-state index in [0.29, 0.717) is 11.7 Å². The third-order valence-electron chi connectivity index (χ3n) is 4.16. The first-order chi connectivity index (χ1) is 13.6. The number of hydrogen-bond acceptors (Lipinski definition) is 5. The van der Waals surface area contributed by atoms with Gasteiger partial charge in [-0.2, -0.15) is 18.2 Å². The van der Waals surface area contributed by atoms with E-state index in [0.717, 1.165) is 23.8 Å². The Morgan fingerprint density at radius 3 is 2.38 bits per heavy atom. The summed E-state index contributed by atoms with van der Waals surface area (Å²) in [6, 6.07) is 10.4. The van der Waals surface area contributed by atoms with E-state index in [9.17, 15) is 13.2 Å². The summed E-state index contributed by atoms with van der Waals surface area (Å²) in [4.78, 5) is 7.98. The number of nitrogens with one attached hydrogen (secondary N) is 1. The summed E-state index contributed by atoms with van der Waals surface area (Å²) < 4.78 is 44.6. The van der Waals surface area contributed by atoms with Crippen LogP contribution in [0.2, 0.25) is 5.02 Å². The third-order valence-corrected chi connectivity index (χ3v) is 4.48. The molecule has 152 valence electrons. The van der Waals surface area contributed by atoms with E-state index in [1.54, 1.807) is 12.1 Å². The quantitative estimate of drug-likeness (QED) is 0.498. The van der Waals surface area contributed by atoms with Crippen LogP contribution in [0.3, 0.4) is 0 Å². The minimum atomic E-state index is -4.51. The molecule has 0 fully saturated rings. The first-order valence-corrected chi connectivity index (χ1v) is 9.05. The summed E-state index contributed by atoms with van der Waals surface area (Å²) in [6.45, 7) is 4.16. The highest BCUT2D eigenvalue weighted by Gasteiger charge is 2.31. The van der Waals surface area contributed by atoms with Crippen LogP contribution in [0.1, 0.15) is 30.9 Å². The highest BCUT2D eigenvalue weighted by Crippen LogP contribution is 2.37. The molecule has 0 bridgehead atoms. The molecule has 2 aromatic carbocycles. The van der Waals surface area contributed by atoms with E-state index in [2.05, 4.69) is 29.1 Å². The van der Waals surface area contributed by atoms with Gasteiger partial charge in [0.15, 0.2) is 5.82 Å². The third kappa shape index (κ3) is 4.89. The first kappa shape index (κ1) is 20.7. The Balaban J connectivity index is 1.86. The van der Waals surface area contributed by atoms with Gasteiger partial charge >= 0.3 is 6.18 Å². The van der Waals surface area contributed by atoms with Crippen molar-refractivity contribution in [2.75, 3.05) is 11.1 Å². The number of ether oxygens (including phenoxy) is 1. The number of hydrogen-bond donors (Lipinski definition) is 2. The van der Waals surface area contributed by atoms with Crippen LogP contribution in [0, 0.1) is 0 Å². The summed E-state index contributed by atoms with van der Waals surface area (Å²) in [6.07, 6.45) is -3.31. The Morgan fingerprint density at radius 2 is 1.76 bits per heavy atom. The van der Waals surface area contributed by atoms with Gasteiger partial charge in [-0.3, -0.25) is 0 Å². The second-order valence-electron chi connectivity index (χ2n) is 6.58. The average molecular weight is 423 g/mol. The van der Waals surface area contributed by atoms with Gasteiger partial charge in [-0.1, -0.05) is 37.6 Å². The maximum atomic E-state index is 13.0. The zero-order valence-corrected chi connectivity index (χ0v) is 16.3. The van der Waals surface area contributed by atoms with Gasteiger partial charge in [0.2, 0.25) is 5.88 Å². The average Bonchev–Trinajstić information content (AvgIpc) is 2.66. The Morgan fingerprint density at radius 1 is 1.07 bits per heavy atom. The Labute approximate surface area is 170 Å². The van der Waals surface area contributed by atoms with Gasteiger partial charge < -0.3 is 15.8 Å². The molecule has 3 rings (SSSR count). The highest BCUT2D eigenvalue weighted by molar-refractivity contribution is 6.33. The molecule has 1 aromatic heterocycles. The molecule has 5 nitrogen and oxygen atoms in total. The van der Waals surface area contributed by atoms with Gasteiger partial charge in [0.1, 0.15) is 17.8 Å². The molecule has 0 saturated heterocycles. The van der Waals surface area contributed by atoms with Gasteiger partial charge in [-0.25, -0.2) is 4.98 Å². The van der Waals surface area contributed by atoms with Crippen LogP contribution < -0.4 is 15.8 Å². The predicted octanol–water partition coefficient (Wildman–Crippen LogP) is 6.39. The van der Waals surface area contributed by atoms with E-state index < -0.39 is 11.7 Å². The maximum absolute atomic E-state index is 13.0. The maximum Gasteiger partial charge on any atom is 0.416 e. The van der Waals surface area contributed by atoms with Gasteiger partial charge in [-0.05, 0) is 41.8 Å². The summed E-state index contributed by atoms with van der Waals surface area (Å²) in [5.74, 6) is 1.04. The molecule has 0 saturated carbocycles. The summed E-state index contributed by atoms with van der Waals surface area (Å²) in [5.41, 5.74) is 6.40. The molecule has 0 aliphatic rings. The standard InChI is InChI=1S/C20H18ClF3N4O/c1-11(2)12-3-6-14(7-4-12)29-19-17(25)18(26-10-27-19)28-16-9-13(20(22,23)24)5-8-15(16)21/h3-11H,25H2,1-2H3,(H,26,27,28). The lowest BCUT2D eigenvalue weighted by Gasteiger charge is -2.14. The SMILES string of the molecule is CC(C)c1ccc(Oc2ncnc(Nc3cc(C(F)(F)F)ccc3Cl)c2N)cc1. The smallest absolute Gasteiger partial charge is 0.416 e. The minimum absolute atomic E-state index is 0.0131. The number of rotatable bonds is 5. The number of halogens is 4. The van der Waals surface area contributed by atoms with Crippen LogP contribution in [0.5, 0.6) is 11.6 Å². The van der Waals surface area contributed by atoms with E-state index in [1.807, 2.05) is 12.1 Å². The van der Waals surface area contributed by atoms with Crippen LogP contribution in [0.25, 0.3) is 0 Å². The fourth-order valence-corrected chi connectivity index (χ4v) is 2.68. The number of anilines is 3. The van der Waals surface area contributed by atoms with Gasteiger partial charge in [0, 0.05) is 0 Å². The topological polar surface area (TPSA) is 73.1 Å². The van der Waals surface area contributed by atoms with E-state index >= 15 is 0 Å². The fraction of sp³-hybridized carbons (Fsp3) is 0.200. The number of nitrogen functional groups attached to an aromatic ring is 1. The van der Waals surface area contributed by atoms with Crippen molar-refractivity contribution >= 4 is 28.8 Å². The van der Waals surface area contributed by atoms with Gasteiger partial charge in [0.25, 0.3) is 0 Å². The van der Waals surface area contributed by atoms with Crippen molar-refractivity contribution in [1.82, 2.24) is 9.97 Å². The minimum Gasteiger partial charge on any atom is -0.437 e. The lowest BCUT2D eigenvalue weighted by molar-refractivity contribution is -0.137. The summed E-state index contributed by atoms with van der Waals surface area (Å²) >= 11 is 6.01. The van der Waals surface area contributed by atoms with Crippen LogP contribution >= 0.6 is 11.6 Å². The number of aromatic nitrogens is 2. The van der Waals surface area contributed by atoms with Crippen LogP contribution in [0.4, 0.5) is 30.4 Å². The highest BCUT2D eigenvalue weighted by atomic mass is 35.5. The zero-order chi connectivity index (χ0) is 21.2. The Kier molecular flexibility index (Phi) is 5.83. The second-order valence-corrected chi connectivity index (χ2v) is 6.99. The summed E-state index contributed by atoms with van der Waals surface area (Å²) in [7, 11) is 0. The number of nitrogens with zero attached hydrogens (tertiary/aromatic N) is 2. The van der Waals surface area contributed by atoms with Crippen molar-refractivity contribution in [2.45, 2.75) is 25.9 Å². The molecule has 3 aromatic rings. The normalized spacial score (nSPS) is 11.6. The molecule has 3 N–H and O–H groups in total. The number of alkyl halides is 3. The van der Waals surface area contributed by atoms with Crippen molar-refractivity contribution in [3.8, 4) is 11.6 Å². The molecule has 0 spiro atoms. The molecule has 0 radical (unpaired) electrons. The van der Waals surface area contributed by atoms with E-state index in [1.165, 1.54) is 6.33 Å². The van der Waals surface area contributed by atoms with Crippen LogP contribution in [-0.4, -0.2) is 9.97 Å². The molecular formula is C20H18ClF3N4O. The van der Waals surface area contributed by atoms with Crippen molar-refractivity contribution in [1.29, 1.82) is 0 Å². The Bertz CT molecular complexity index is 1010. The lowest BCUT2D eigenvalue weighted by atomic mass is 10.0. The molecule has 0 atom stereocenters. The molecule has 9 heteroatoms. The van der Waals surface area contributed by atoms with E-state index in [4.69, 9.17) is 22.1 Å².